The Morgan fingerprint density at radius 1 is 1.34 bits per heavy atom. The monoisotopic (exact) mass is 436 g/mol. The van der Waals surface area contributed by atoms with Crippen molar-refractivity contribution >= 4 is 31.3 Å². The standard InChI is InChI=1S/C18H24N6O3S2/c1-11-15(13-8-14(27-2)10-20-9-13)24-18(21-11)28-17(23-24)22-16(29(3,25)26)12-4-6-19-7-5-12/h8-10,12,16,19H,4-7H2,1-3H3,(H,22,23). The molecule has 1 aliphatic rings. The van der Waals surface area contributed by atoms with E-state index in [0.717, 1.165) is 42.9 Å². The number of rotatable bonds is 6. The van der Waals surface area contributed by atoms with Crippen LogP contribution in [-0.2, 0) is 9.84 Å². The van der Waals surface area contributed by atoms with E-state index in [0.29, 0.717) is 15.8 Å². The van der Waals surface area contributed by atoms with Crippen molar-refractivity contribution in [2.24, 2.45) is 5.92 Å². The van der Waals surface area contributed by atoms with Gasteiger partial charge >= 0.3 is 0 Å². The lowest BCUT2D eigenvalue weighted by Gasteiger charge is -2.29. The SMILES string of the molecule is COc1cncc(-c2c(C)nc3sc(NC(C4CCNCC4)S(C)(=O)=O)nn23)c1. The highest BCUT2D eigenvalue weighted by Gasteiger charge is 2.32. The number of anilines is 1. The first-order chi connectivity index (χ1) is 13.9. The largest absolute Gasteiger partial charge is 0.495 e. The van der Waals surface area contributed by atoms with Crippen LogP contribution in [0, 0.1) is 12.8 Å². The van der Waals surface area contributed by atoms with E-state index in [4.69, 9.17) is 4.74 Å². The highest BCUT2D eigenvalue weighted by Crippen LogP contribution is 2.32. The molecule has 0 aliphatic carbocycles. The second-order valence-corrected chi connectivity index (χ2v) is 10.4. The number of sulfone groups is 1. The zero-order valence-corrected chi connectivity index (χ0v) is 18.2. The van der Waals surface area contributed by atoms with Crippen LogP contribution in [0.1, 0.15) is 18.5 Å². The molecule has 0 spiro atoms. The third kappa shape index (κ3) is 4.07. The summed E-state index contributed by atoms with van der Waals surface area (Å²) in [5, 5.41) is 11.0. The minimum Gasteiger partial charge on any atom is -0.495 e. The summed E-state index contributed by atoms with van der Waals surface area (Å²) in [6.45, 7) is 3.56. The number of ether oxygens (including phenoxy) is 1. The summed E-state index contributed by atoms with van der Waals surface area (Å²) in [7, 11) is -1.70. The molecule has 1 aliphatic heterocycles. The molecule has 3 aromatic heterocycles. The maximum Gasteiger partial charge on any atom is 0.214 e. The average molecular weight is 437 g/mol. The number of aromatic nitrogens is 4. The van der Waals surface area contributed by atoms with Crippen LogP contribution in [0.4, 0.5) is 5.13 Å². The van der Waals surface area contributed by atoms with Crippen molar-refractivity contribution < 1.29 is 13.2 Å². The van der Waals surface area contributed by atoms with E-state index in [-0.39, 0.29) is 5.92 Å². The van der Waals surface area contributed by atoms with Gasteiger partial charge in [-0.05, 0) is 44.8 Å². The molecule has 0 aromatic carbocycles. The predicted molar refractivity (Wildman–Crippen MR) is 113 cm³/mol. The molecule has 11 heteroatoms. The summed E-state index contributed by atoms with van der Waals surface area (Å²) in [6.07, 6.45) is 6.28. The summed E-state index contributed by atoms with van der Waals surface area (Å²) in [4.78, 5) is 9.51. The number of fused-ring (bicyclic) bond motifs is 1. The predicted octanol–water partition coefficient (Wildman–Crippen LogP) is 1.95. The Kier molecular flexibility index (Phi) is 5.45. The molecule has 1 atom stereocenters. The fraction of sp³-hybridized carbons (Fsp3) is 0.500. The number of hydrogen-bond acceptors (Lipinski definition) is 9. The van der Waals surface area contributed by atoms with E-state index in [2.05, 4.69) is 25.7 Å². The fourth-order valence-corrected chi connectivity index (χ4v) is 6.00. The van der Waals surface area contributed by atoms with Gasteiger partial charge in [-0.25, -0.2) is 17.9 Å². The number of hydrogen-bond donors (Lipinski definition) is 2. The average Bonchev–Trinajstić information content (AvgIpc) is 3.21. The lowest BCUT2D eigenvalue weighted by atomic mass is 9.98. The zero-order valence-electron chi connectivity index (χ0n) is 16.5. The summed E-state index contributed by atoms with van der Waals surface area (Å²) in [5.41, 5.74) is 2.47. The van der Waals surface area contributed by atoms with E-state index < -0.39 is 15.2 Å². The van der Waals surface area contributed by atoms with Crippen molar-refractivity contribution in [3.8, 4) is 17.0 Å². The summed E-state index contributed by atoms with van der Waals surface area (Å²) in [6, 6.07) is 1.88. The smallest absolute Gasteiger partial charge is 0.214 e. The normalized spacial score (nSPS) is 16.8. The molecule has 1 fully saturated rings. The van der Waals surface area contributed by atoms with Gasteiger partial charge in [0.05, 0.1) is 24.7 Å². The van der Waals surface area contributed by atoms with Crippen molar-refractivity contribution in [1.29, 1.82) is 0 Å². The zero-order chi connectivity index (χ0) is 20.6. The Morgan fingerprint density at radius 2 is 2.10 bits per heavy atom. The first kappa shape index (κ1) is 20.0. The number of methoxy groups -OCH3 is 1. The number of nitrogens with one attached hydrogen (secondary N) is 2. The molecule has 29 heavy (non-hydrogen) atoms. The Bertz CT molecular complexity index is 1120. The third-order valence-corrected chi connectivity index (χ3v) is 7.40. The number of piperidine rings is 1. The molecule has 0 amide bonds. The summed E-state index contributed by atoms with van der Waals surface area (Å²) >= 11 is 1.34. The van der Waals surface area contributed by atoms with Crippen LogP contribution in [0.3, 0.4) is 0 Å². The molecule has 0 saturated carbocycles. The molecule has 1 unspecified atom stereocenters. The van der Waals surface area contributed by atoms with Crippen LogP contribution >= 0.6 is 11.3 Å². The van der Waals surface area contributed by atoms with Gasteiger partial charge in [-0.2, -0.15) is 0 Å². The van der Waals surface area contributed by atoms with Crippen LogP contribution in [0.5, 0.6) is 5.75 Å². The third-order valence-electron chi connectivity index (χ3n) is 5.14. The molecule has 2 N–H and O–H groups in total. The highest BCUT2D eigenvalue weighted by molar-refractivity contribution is 7.91. The number of aryl methyl sites for hydroxylation is 1. The molecule has 9 nitrogen and oxygen atoms in total. The Morgan fingerprint density at radius 3 is 2.79 bits per heavy atom. The Labute approximate surface area is 173 Å². The second kappa shape index (κ2) is 7.88. The lowest BCUT2D eigenvalue weighted by molar-refractivity contribution is 0.368. The second-order valence-electron chi connectivity index (χ2n) is 7.24. The molecule has 156 valence electrons. The quantitative estimate of drug-likeness (QED) is 0.603. The van der Waals surface area contributed by atoms with Crippen LogP contribution in [0.2, 0.25) is 0 Å². The Hall–Kier alpha value is -2.24. The maximum atomic E-state index is 12.5. The van der Waals surface area contributed by atoms with Crippen LogP contribution in [0.25, 0.3) is 16.2 Å². The van der Waals surface area contributed by atoms with Crippen LogP contribution in [0.15, 0.2) is 18.5 Å². The summed E-state index contributed by atoms with van der Waals surface area (Å²) in [5.74, 6) is 0.694. The lowest BCUT2D eigenvalue weighted by Crippen LogP contribution is -2.42. The van der Waals surface area contributed by atoms with E-state index in [9.17, 15) is 8.42 Å². The van der Waals surface area contributed by atoms with Crippen LogP contribution in [-0.4, -0.2) is 59.8 Å². The van der Waals surface area contributed by atoms with Gasteiger partial charge in [0.25, 0.3) is 0 Å². The van der Waals surface area contributed by atoms with Crippen molar-refractivity contribution in [3.63, 3.8) is 0 Å². The maximum absolute atomic E-state index is 12.5. The minimum atomic E-state index is -3.29. The van der Waals surface area contributed by atoms with E-state index >= 15 is 0 Å². The topological polar surface area (TPSA) is 111 Å². The van der Waals surface area contributed by atoms with E-state index in [1.807, 2.05) is 13.0 Å². The molecule has 3 aromatic rings. The van der Waals surface area contributed by atoms with E-state index in [1.54, 1.807) is 24.0 Å². The summed E-state index contributed by atoms with van der Waals surface area (Å²) < 4.78 is 31.9. The molecule has 0 bridgehead atoms. The molecule has 4 heterocycles. The van der Waals surface area contributed by atoms with Gasteiger partial charge in [-0.1, -0.05) is 11.3 Å². The minimum absolute atomic E-state index is 0.0475. The highest BCUT2D eigenvalue weighted by atomic mass is 32.2. The first-order valence-corrected chi connectivity index (χ1v) is 12.2. The molecular formula is C18H24N6O3S2. The van der Waals surface area contributed by atoms with Crippen molar-refractivity contribution in [2.75, 3.05) is 31.8 Å². The molecule has 4 rings (SSSR count). The Balaban J connectivity index is 1.69. The van der Waals surface area contributed by atoms with Gasteiger partial charge in [-0.3, -0.25) is 4.98 Å². The van der Waals surface area contributed by atoms with Gasteiger partial charge in [0.15, 0.2) is 9.84 Å². The van der Waals surface area contributed by atoms with Gasteiger partial charge < -0.3 is 15.4 Å². The van der Waals surface area contributed by atoms with Gasteiger partial charge in [0, 0.05) is 18.0 Å². The van der Waals surface area contributed by atoms with Gasteiger partial charge in [0.1, 0.15) is 11.1 Å². The number of nitrogens with zero attached hydrogens (tertiary/aromatic N) is 4. The van der Waals surface area contributed by atoms with Crippen molar-refractivity contribution in [3.05, 3.63) is 24.2 Å². The van der Waals surface area contributed by atoms with Crippen molar-refractivity contribution in [2.45, 2.75) is 25.1 Å². The molecule has 0 radical (unpaired) electrons. The van der Waals surface area contributed by atoms with Crippen LogP contribution < -0.4 is 15.4 Å². The van der Waals surface area contributed by atoms with Gasteiger partial charge in [-0.15, -0.1) is 5.10 Å². The number of imidazole rings is 1. The first-order valence-electron chi connectivity index (χ1n) is 9.38. The molecule has 1 saturated heterocycles. The van der Waals surface area contributed by atoms with Gasteiger partial charge in [0.2, 0.25) is 10.1 Å². The fourth-order valence-electron chi connectivity index (χ4n) is 3.74. The number of pyridine rings is 1. The molecular weight excluding hydrogens is 412 g/mol. The van der Waals surface area contributed by atoms with E-state index in [1.165, 1.54) is 17.6 Å². The van der Waals surface area contributed by atoms with Crippen molar-refractivity contribution in [1.82, 2.24) is 24.9 Å².